The van der Waals surface area contributed by atoms with Gasteiger partial charge in [0.2, 0.25) is 5.91 Å². The Hall–Kier alpha value is -1.06. The number of rotatable bonds is 8. The highest BCUT2D eigenvalue weighted by Crippen LogP contribution is 2.37. The second-order valence-electron chi connectivity index (χ2n) is 6.29. The van der Waals surface area contributed by atoms with Crippen molar-refractivity contribution in [3.05, 3.63) is 0 Å². The molecule has 0 heterocycles. The fraction of sp³-hybridized carbons (Fsp3) is 0.882. The van der Waals surface area contributed by atoms with E-state index in [-0.39, 0.29) is 17.8 Å². The minimum atomic E-state index is -0.212. The third kappa shape index (κ3) is 6.06. The minimum absolute atomic E-state index is 0.165. The number of methoxy groups -OCH3 is 1. The van der Waals surface area contributed by atoms with E-state index in [1.54, 1.807) is 0 Å². The van der Waals surface area contributed by atoms with Gasteiger partial charge in [-0.2, -0.15) is 0 Å². The maximum absolute atomic E-state index is 12.4. The third-order valence-electron chi connectivity index (χ3n) is 4.72. The molecule has 2 unspecified atom stereocenters. The highest BCUT2D eigenvalue weighted by molar-refractivity contribution is 5.79. The topological polar surface area (TPSA) is 55.4 Å². The van der Waals surface area contributed by atoms with Crippen LogP contribution in [0.3, 0.4) is 0 Å². The van der Waals surface area contributed by atoms with E-state index in [4.69, 9.17) is 0 Å². The van der Waals surface area contributed by atoms with Crippen LogP contribution in [0, 0.1) is 17.8 Å². The van der Waals surface area contributed by atoms with Gasteiger partial charge in [0.25, 0.3) is 0 Å². The molecule has 1 rings (SSSR count). The zero-order chi connectivity index (χ0) is 15.7. The number of esters is 1. The van der Waals surface area contributed by atoms with Gasteiger partial charge in [-0.25, -0.2) is 0 Å². The molecule has 3 atom stereocenters. The van der Waals surface area contributed by atoms with Crippen LogP contribution in [-0.4, -0.2) is 25.5 Å². The molecule has 4 heteroatoms. The molecule has 0 spiro atoms. The molecule has 0 aromatic carbocycles. The Morgan fingerprint density at radius 1 is 1.29 bits per heavy atom. The molecule has 122 valence electrons. The highest BCUT2D eigenvalue weighted by atomic mass is 16.5. The predicted octanol–water partition coefficient (Wildman–Crippen LogP) is 3.30. The van der Waals surface area contributed by atoms with Crippen molar-refractivity contribution in [1.82, 2.24) is 5.32 Å². The molecule has 1 aliphatic rings. The van der Waals surface area contributed by atoms with Gasteiger partial charge in [-0.3, -0.25) is 9.59 Å². The zero-order valence-electron chi connectivity index (χ0n) is 13.8. The lowest BCUT2D eigenvalue weighted by Gasteiger charge is -2.34. The lowest BCUT2D eigenvalue weighted by molar-refractivity contribution is -0.141. The summed E-state index contributed by atoms with van der Waals surface area (Å²) in [5.74, 6) is 1.29. The number of carbonyl (C=O) groups excluding carboxylic acids is 2. The first kappa shape index (κ1) is 18.0. The highest BCUT2D eigenvalue weighted by Gasteiger charge is 2.33. The first-order valence-corrected chi connectivity index (χ1v) is 8.44. The third-order valence-corrected chi connectivity index (χ3v) is 4.72. The summed E-state index contributed by atoms with van der Waals surface area (Å²) >= 11 is 0. The van der Waals surface area contributed by atoms with Crippen molar-refractivity contribution in [3.8, 4) is 0 Å². The van der Waals surface area contributed by atoms with Crippen LogP contribution in [0.4, 0.5) is 0 Å². The van der Waals surface area contributed by atoms with E-state index in [0.29, 0.717) is 31.2 Å². The molecule has 0 radical (unpaired) electrons. The van der Waals surface area contributed by atoms with E-state index >= 15 is 0 Å². The number of nitrogens with one attached hydrogen (secondary N) is 1. The van der Waals surface area contributed by atoms with E-state index in [1.165, 1.54) is 32.8 Å². The Morgan fingerprint density at radius 3 is 2.67 bits per heavy atom. The fourth-order valence-corrected chi connectivity index (χ4v) is 3.51. The number of hydrogen-bond acceptors (Lipinski definition) is 3. The first-order valence-electron chi connectivity index (χ1n) is 8.44. The van der Waals surface area contributed by atoms with Crippen molar-refractivity contribution in [2.45, 2.75) is 65.2 Å². The summed E-state index contributed by atoms with van der Waals surface area (Å²) in [5, 5.41) is 3.01. The first-order chi connectivity index (χ1) is 10.1. The van der Waals surface area contributed by atoms with Gasteiger partial charge in [0, 0.05) is 18.9 Å². The van der Waals surface area contributed by atoms with Crippen LogP contribution in [0.5, 0.6) is 0 Å². The standard InChI is InChI=1S/C17H31NO3/c1-4-8-13(2)14-9-5-6-10-15(14)17(20)18-12-7-11-16(19)21-3/h13-15H,4-12H2,1-3H3,(H,18,20)/t13?,14?,15-/m0/s1. The molecule has 1 saturated carbocycles. The lowest BCUT2D eigenvalue weighted by atomic mass is 9.71. The molecule has 0 aromatic rings. The molecule has 1 N–H and O–H groups in total. The lowest BCUT2D eigenvalue weighted by Crippen LogP contribution is -2.39. The van der Waals surface area contributed by atoms with Crippen LogP contribution in [-0.2, 0) is 14.3 Å². The number of ether oxygens (including phenoxy) is 1. The molecule has 1 aliphatic carbocycles. The van der Waals surface area contributed by atoms with E-state index in [1.807, 2.05) is 0 Å². The Labute approximate surface area is 129 Å². The van der Waals surface area contributed by atoms with Gasteiger partial charge in [-0.05, 0) is 31.1 Å². The average molecular weight is 297 g/mol. The molecule has 0 bridgehead atoms. The number of hydrogen-bond donors (Lipinski definition) is 1. The predicted molar refractivity (Wildman–Crippen MR) is 83.8 cm³/mol. The van der Waals surface area contributed by atoms with Crippen LogP contribution in [0.1, 0.15) is 65.2 Å². The molecule has 1 amide bonds. The minimum Gasteiger partial charge on any atom is -0.469 e. The largest absolute Gasteiger partial charge is 0.469 e. The van der Waals surface area contributed by atoms with Gasteiger partial charge < -0.3 is 10.1 Å². The molecule has 4 nitrogen and oxygen atoms in total. The van der Waals surface area contributed by atoms with E-state index in [0.717, 1.165) is 12.8 Å². The molecule has 21 heavy (non-hydrogen) atoms. The summed E-state index contributed by atoms with van der Waals surface area (Å²) in [6.07, 6.45) is 8.03. The SMILES string of the molecule is CCCC(C)C1CCCC[C@@H]1C(=O)NCCCC(=O)OC. The van der Waals surface area contributed by atoms with Crippen molar-refractivity contribution in [3.63, 3.8) is 0 Å². The Balaban J connectivity index is 2.40. The quantitative estimate of drug-likeness (QED) is 0.552. The molecular formula is C17H31NO3. The van der Waals surface area contributed by atoms with Gasteiger partial charge >= 0.3 is 5.97 Å². The summed E-state index contributed by atoms with van der Waals surface area (Å²) in [4.78, 5) is 23.4. The van der Waals surface area contributed by atoms with Crippen molar-refractivity contribution >= 4 is 11.9 Å². The molecule has 1 fully saturated rings. The average Bonchev–Trinajstić information content (AvgIpc) is 2.51. The van der Waals surface area contributed by atoms with Crippen LogP contribution in [0.15, 0.2) is 0 Å². The number of amides is 1. The van der Waals surface area contributed by atoms with Crippen molar-refractivity contribution in [2.75, 3.05) is 13.7 Å². The van der Waals surface area contributed by atoms with Crippen molar-refractivity contribution in [2.24, 2.45) is 17.8 Å². The maximum Gasteiger partial charge on any atom is 0.305 e. The second kappa shape index (κ2) is 9.80. The Bertz CT molecular complexity index is 330. The Kier molecular flexibility index (Phi) is 8.40. The smallest absolute Gasteiger partial charge is 0.305 e. The van der Waals surface area contributed by atoms with Crippen molar-refractivity contribution in [1.29, 1.82) is 0 Å². The summed E-state index contributed by atoms with van der Waals surface area (Å²) in [6.45, 7) is 5.07. The van der Waals surface area contributed by atoms with Crippen LogP contribution in [0.2, 0.25) is 0 Å². The molecule has 0 aromatic heterocycles. The zero-order valence-corrected chi connectivity index (χ0v) is 13.8. The van der Waals surface area contributed by atoms with Crippen LogP contribution >= 0.6 is 0 Å². The molecular weight excluding hydrogens is 266 g/mol. The van der Waals surface area contributed by atoms with E-state index < -0.39 is 0 Å². The van der Waals surface area contributed by atoms with Gasteiger partial charge in [0.15, 0.2) is 0 Å². The monoisotopic (exact) mass is 297 g/mol. The van der Waals surface area contributed by atoms with Gasteiger partial charge in [0.1, 0.15) is 0 Å². The van der Waals surface area contributed by atoms with Crippen LogP contribution < -0.4 is 5.32 Å². The van der Waals surface area contributed by atoms with E-state index in [2.05, 4.69) is 23.9 Å². The Morgan fingerprint density at radius 2 is 2.00 bits per heavy atom. The van der Waals surface area contributed by atoms with Gasteiger partial charge in [-0.15, -0.1) is 0 Å². The summed E-state index contributed by atoms with van der Waals surface area (Å²) in [5.41, 5.74) is 0. The van der Waals surface area contributed by atoms with Crippen molar-refractivity contribution < 1.29 is 14.3 Å². The van der Waals surface area contributed by atoms with Gasteiger partial charge in [0.05, 0.1) is 7.11 Å². The maximum atomic E-state index is 12.4. The summed E-state index contributed by atoms with van der Waals surface area (Å²) in [7, 11) is 1.39. The normalized spacial score (nSPS) is 23.4. The molecule has 0 saturated heterocycles. The summed E-state index contributed by atoms with van der Waals surface area (Å²) < 4.78 is 4.60. The van der Waals surface area contributed by atoms with E-state index in [9.17, 15) is 9.59 Å². The molecule has 0 aliphatic heterocycles. The van der Waals surface area contributed by atoms with Gasteiger partial charge in [-0.1, -0.05) is 39.5 Å². The second-order valence-corrected chi connectivity index (χ2v) is 6.29. The number of carbonyl (C=O) groups is 2. The summed E-state index contributed by atoms with van der Waals surface area (Å²) in [6, 6.07) is 0. The van der Waals surface area contributed by atoms with Crippen LogP contribution in [0.25, 0.3) is 0 Å². The fourth-order valence-electron chi connectivity index (χ4n) is 3.51.